The number of carbonyl (C=O) groups excluding carboxylic acids is 1. The first kappa shape index (κ1) is 13.9. The van der Waals surface area contributed by atoms with Gasteiger partial charge in [-0.2, -0.15) is 0 Å². The van der Waals surface area contributed by atoms with Gasteiger partial charge in [-0.3, -0.25) is 4.79 Å². The number of hydrogen-bond donors (Lipinski definition) is 2. The molecule has 0 saturated carbocycles. The molecule has 0 bridgehead atoms. The molecule has 0 fully saturated rings. The molecule has 0 radical (unpaired) electrons. The molecule has 0 aliphatic heterocycles. The summed E-state index contributed by atoms with van der Waals surface area (Å²) in [6, 6.07) is 10.7. The van der Waals surface area contributed by atoms with Crippen molar-refractivity contribution in [3.8, 4) is 5.75 Å². The topological polar surface area (TPSA) is 77.2 Å². The van der Waals surface area contributed by atoms with Gasteiger partial charge in [-0.05, 0) is 36.8 Å². The van der Waals surface area contributed by atoms with Crippen LogP contribution in [0.5, 0.6) is 5.75 Å². The third-order valence-electron chi connectivity index (χ3n) is 2.96. The maximum atomic E-state index is 12.0. The SMILES string of the molecule is COc1cccc([C@H](C)NC(=O)c2ccc(N)cn2)c1. The summed E-state index contributed by atoms with van der Waals surface area (Å²) < 4.78 is 5.17. The summed E-state index contributed by atoms with van der Waals surface area (Å²) in [6.45, 7) is 1.91. The van der Waals surface area contributed by atoms with Crippen molar-refractivity contribution in [2.24, 2.45) is 0 Å². The molecule has 1 aromatic carbocycles. The van der Waals surface area contributed by atoms with Gasteiger partial charge in [0.2, 0.25) is 0 Å². The standard InChI is InChI=1S/C15H17N3O2/c1-10(11-4-3-5-13(8-11)20-2)18-15(19)14-7-6-12(16)9-17-14/h3-10H,16H2,1-2H3,(H,18,19)/t10-/m0/s1. The van der Waals surface area contributed by atoms with Crippen molar-refractivity contribution in [2.75, 3.05) is 12.8 Å². The van der Waals surface area contributed by atoms with Gasteiger partial charge < -0.3 is 15.8 Å². The highest BCUT2D eigenvalue weighted by atomic mass is 16.5. The zero-order chi connectivity index (χ0) is 14.5. The molecule has 0 saturated heterocycles. The Hall–Kier alpha value is -2.56. The fraction of sp³-hybridized carbons (Fsp3) is 0.200. The van der Waals surface area contributed by atoms with Crippen molar-refractivity contribution < 1.29 is 9.53 Å². The first-order valence-corrected chi connectivity index (χ1v) is 6.26. The number of nitrogens with zero attached hydrogens (tertiary/aromatic N) is 1. The van der Waals surface area contributed by atoms with Crippen LogP contribution in [-0.2, 0) is 0 Å². The first-order chi connectivity index (χ1) is 9.60. The number of ether oxygens (including phenoxy) is 1. The zero-order valence-electron chi connectivity index (χ0n) is 11.5. The molecule has 2 rings (SSSR count). The summed E-state index contributed by atoms with van der Waals surface area (Å²) in [5.74, 6) is 0.523. The summed E-state index contributed by atoms with van der Waals surface area (Å²) in [5, 5.41) is 2.89. The van der Waals surface area contributed by atoms with Gasteiger partial charge in [0.15, 0.2) is 0 Å². The Labute approximate surface area is 117 Å². The lowest BCUT2D eigenvalue weighted by atomic mass is 10.1. The molecule has 5 nitrogen and oxygen atoms in total. The highest BCUT2D eigenvalue weighted by Gasteiger charge is 2.12. The van der Waals surface area contributed by atoms with E-state index in [1.807, 2.05) is 31.2 Å². The van der Waals surface area contributed by atoms with E-state index < -0.39 is 0 Å². The van der Waals surface area contributed by atoms with Crippen LogP contribution < -0.4 is 15.8 Å². The molecule has 5 heteroatoms. The van der Waals surface area contributed by atoms with Gasteiger partial charge in [0.05, 0.1) is 25.0 Å². The van der Waals surface area contributed by atoms with Crippen LogP contribution in [0.2, 0.25) is 0 Å². The predicted molar refractivity (Wildman–Crippen MR) is 77.5 cm³/mol. The minimum atomic E-state index is -0.236. The van der Waals surface area contributed by atoms with Crippen molar-refractivity contribution >= 4 is 11.6 Å². The van der Waals surface area contributed by atoms with Crippen LogP contribution in [0, 0.1) is 0 Å². The summed E-state index contributed by atoms with van der Waals surface area (Å²) in [4.78, 5) is 16.0. The average molecular weight is 271 g/mol. The van der Waals surface area contributed by atoms with Crippen LogP contribution in [0.25, 0.3) is 0 Å². The molecule has 0 aliphatic carbocycles. The van der Waals surface area contributed by atoms with Gasteiger partial charge in [-0.1, -0.05) is 12.1 Å². The number of pyridine rings is 1. The Morgan fingerprint density at radius 3 is 2.80 bits per heavy atom. The lowest BCUT2D eigenvalue weighted by Gasteiger charge is -2.15. The van der Waals surface area contributed by atoms with Gasteiger partial charge in [-0.25, -0.2) is 4.98 Å². The van der Waals surface area contributed by atoms with Gasteiger partial charge in [-0.15, -0.1) is 0 Å². The number of rotatable bonds is 4. The number of aromatic nitrogens is 1. The fourth-order valence-corrected chi connectivity index (χ4v) is 1.80. The third-order valence-corrected chi connectivity index (χ3v) is 2.96. The quantitative estimate of drug-likeness (QED) is 0.893. The van der Waals surface area contributed by atoms with E-state index in [2.05, 4.69) is 10.3 Å². The number of nitrogens with one attached hydrogen (secondary N) is 1. The molecule has 1 heterocycles. The minimum absolute atomic E-state index is 0.142. The van der Waals surface area contributed by atoms with Crippen LogP contribution in [-0.4, -0.2) is 18.0 Å². The Morgan fingerprint density at radius 2 is 2.15 bits per heavy atom. The molecule has 1 atom stereocenters. The van der Waals surface area contributed by atoms with E-state index in [1.54, 1.807) is 19.2 Å². The van der Waals surface area contributed by atoms with E-state index in [0.717, 1.165) is 11.3 Å². The normalized spacial score (nSPS) is 11.7. The second-order valence-corrected chi connectivity index (χ2v) is 4.45. The molecule has 104 valence electrons. The maximum Gasteiger partial charge on any atom is 0.270 e. The Bertz CT molecular complexity index is 596. The Kier molecular flexibility index (Phi) is 4.20. The number of benzene rings is 1. The second-order valence-electron chi connectivity index (χ2n) is 4.45. The van der Waals surface area contributed by atoms with Gasteiger partial charge in [0.1, 0.15) is 11.4 Å². The number of amides is 1. The molecule has 0 aliphatic rings. The fourth-order valence-electron chi connectivity index (χ4n) is 1.80. The minimum Gasteiger partial charge on any atom is -0.497 e. The van der Waals surface area contributed by atoms with Crippen LogP contribution in [0.1, 0.15) is 29.0 Å². The van der Waals surface area contributed by atoms with Crippen LogP contribution in [0.3, 0.4) is 0 Å². The summed E-state index contributed by atoms with van der Waals surface area (Å²) in [7, 11) is 1.61. The van der Waals surface area contributed by atoms with E-state index >= 15 is 0 Å². The maximum absolute atomic E-state index is 12.0. The second kappa shape index (κ2) is 6.06. The average Bonchev–Trinajstić information content (AvgIpc) is 2.47. The van der Waals surface area contributed by atoms with Crippen LogP contribution >= 0.6 is 0 Å². The monoisotopic (exact) mass is 271 g/mol. The molecule has 1 aromatic heterocycles. The van der Waals surface area contributed by atoms with E-state index in [0.29, 0.717) is 11.4 Å². The van der Waals surface area contributed by atoms with E-state index in [9.17, 15) is 4.79 Å². The van der Waals surface area contributed by atoms with Crippen LogP contribution in [0.15, 0.2) is 42.6 Å². The van der Waals surface area contributed by atoms with Crippen molar-refractivity contribution in [3.63, 3.8) is 0 Å². The molecule has 3 N–H and O–H groups in total. The number of hydrogen-bond acceptors (Lipinski definition) is 4. The van der Waals surface area contributed by atoms with Gasteiger partial charge in [0, 0.05) is 0 Å². The molecule has 2 aromatic rings. The number of nitrogens with two attached hydrogens (primary N) is 1. The number of methoxy groups -OCH3 is 1. The zero-order valence-corrected chi connectivity index (χ0v) is 11.5. The lowest BCUT2D eigenvalue weighted by Crippen LogP contribution is -2.27. The summed E-state index contributed by atoms with van der Waals surface area (Å²) in [5.41, 5.74) is 7.38. The van der Waals surface area contributed by atoms with Gasteiger partial charge in [0.25, 0.3) is 5.91 Å². The van der Waals surface area contributed by atoms with Crippen molar-refractivity contribution in [2.45, 2.75) is 13.0 Å². The summed E-state index contributed by atoms with van der Waals surface area (Å²) in [6.07, 6.45) is 1.46. The van der Waals surface area contributed by atoms with Crippen molar-refractivity contribution in [1.29, 1.82) is 0 Å². The van der Waals surface area contributed by atoms with Crippen molar-refractivity contribution in [1.82, 2.24) is 10.3 Å². The molecule has 1 amide bonds. The van der Waals surface area contributed by atoms with E-state index in [1.165, 1.54) is 6.20 Å². The number of nitrogen functional groups attached to an aromatic ring is 1. The van der Waals surface area contributed by atoms with Crippen molar-refractivity contribution in [3.05, 3.63) is 53.9 Å². The number of carbonyl (C=O) groups is 1. The summed E-state index contributed by atoms with van der Waals surface area (Å²) >= 11 is 0. The first-order valence-electron chi connectivity index (χ1n) is 6.26. The molecular weight excluding hydrogens is 254 g/mol. The smallest absolute Gasteiger partial charge is 0.270 e. The highest BCUT2D eigenvalue weighted by molar-refractivity contribution is 5.92. The van der Waals surface area contributed by atoms with E-state index in [-0.39, 0.29) is 11.9 Å². The molecule has 0 spiro atoms. The highest BCUT2D eigenvalue weighted by Crippen LogP contribution is 2.19. The van der Waals surface area contributed by atoms with Crippen LogP contribution in [0.4, 0.5) is 5.69 Å². The van der Waals surface area contributed by atoms with E-state index in [4.69, 9.17) is 10.5 Å². The molecule has 0 unspecified atom stereocenters. The lowest BCUT2D eigenvalue weighted by molar-refractivity contribution is 0.0935. The van der Waals surface area contributed by atoms with Gasteiger partial charge >= 0.3 is 0 Å². The molecular formula is C15H17N3O2. The third kappa shape index (κ3) is 3.26. The predicted octanol–water partition coefficient (Wildman–Crippen LogP) is 2.16. The molecule has 20 heavy (non-hydrogen) atoms. The Morgan fingerprint density at radius 1 is 1.35 bits per heavy atom. The number of anilines is 1. The largest absolute Gasteiger partial charge is 0.497 e. The Balaban J connectivity index is 2.08.